The fourth-order valence-electron chi connectivity index (χ4n) is 6.17. The van der Waals surface area contributed by atoms with Gasteiger partial charge in [0.15, 0.2) is 0 Å². The lowest BCUT2D eigenvalue weighted by atomic mass is 9.85. The summed E-state index contributed by atoms with van der Waals surface area (Å²) in [6, 6.07) is 18.8. The van der Waals surface area contributed by atoms with Gasteiger partial charge in [-0.05, 0) is 54.3 Å². The molecule has 3 heterocycles. The van der Waals surface area contributed by atoms with E-state index in [1.165, 1.54) is 26.1 Å². The van der Waals surface area contributed by atoms with Crippen molar-refractivity contribution in [3.63, 3.8) is 0 Å². The summed E-state index contributed by atoms with van der Waals surface area (Å²) < 4.78 is 6.64. The number of benzene rings is 2. The highest BCUT2D eigenvalue weighted by Crippen LogP contribution is 2.41. The van der Waals surface area contributed by atoms with Gasteiger partial charge in [-0.25, -0.2) is 4.79 Å². The summed E-state index contributed by atoms with van der Waals surface area (Å²) in [5.74, 6) is -0.00192. The Hall–Kier alpha value is -2.74. The van der Waals surface area contributed by atoms with E-state index in [-0.39, 0.29) is 18.0 Å². The Balaban J connectivity index is 1.20. The number of urea groups is 1. The Bertz CT molecular complexity index is 1210. The predicted molar refractivity (Wildman–Crippen MR) is 138 cm³/mol. The third-order valence-electron chi connectivity index (χ3n) is 8.02. The molecule has 3 aromatic rings. The van der Waals surface area contributed by atoms with E-state index in [0.29, 0.717) is 26.0 Å². The number of nitrogens with zero attached hydrogens (tertiary/aromatic N) is 3. The number of carbonyl (C=O) groups excluding carboxylic acids is 2. The number of thiophene rings is 1. The Morgan fingerprint density at radius 2 is 1.69 bits per heavy atom. The second kappa shape index (κ2) is 9.04. The molecule has 2 saturated heterocycles. The fourth-order valence-corrected chi connectivity index (χ4v) is 7.28. The highest BCUT2D eigenvalue weighted by Gasteiger charge is 2.59. The van der Waals surface area contributed by atoms with Gasteiger partial charge in [0.1, 0.15) is 5.54 Å². The molecule has 0 bridgehead atoms. The van der Waals surface area contributed by atoms with Crippen molar-refractivity contribution in [3.8, 4) is 0 Å². The summed E-state index contributed by atoms with van der Waals surface area (Å²) in [7, 11) is 1.65. The average molecular weight is 490 g/mol. The molecule has 2 aliphatic heterocycles. The summed E-state index contributed by atoms with van der Waals surface area (Å²) in [4.78, 5) is 34.9. The third-order valence-corrected chi connectivity index (χ3v) is 9.12. The van der Waals surface area contributed by atoms with Gasteiger partial charge in [0.05, 0.1) is 6.61 Å². The molecule has 7 heteroatoms. The molecule has 1 spiro atoms. The summed E-state index contributed by atoms with van der Waals surface area (Å²) in [6.45, 7) is 3.38. The van der Waals surface area contributed by atoms with Gasteiger partial charge >= 0.3 is 6.03 Å². The van der Waals surface area contributed by atoms with Crippen LogP contribution in [0.5, 0.6) is 0 Å². The molecule has 35 heavy (non-hydrogen) atoms. The zero-order chi connectivity index (χ0) is 24.0. The molecule has 182 valence electrons. The van der Waals surface area contributed by atoms with Crippen molar-refractivity contribution >= 4 is 33.4 Å². The van der Waals surface area contributed by atoms with Crippen LogP contribution in [0.3, 0.4) is 0 Å². The fraction of sp³-hybridized carbons (Fsp3) is 0.429. The molecule has 2 fully saturated rings. The molecule has 0 atom stereocenters. The molecule has 1 aliphatic carbocycles. The van der Waals surface area contributed by atoms with E-state index in [1.54, 1.807) is 12.0 Å². The van der Waals surface area contributed by atoms with E-state index in [4.69, 9.17) is 4.74 Å². The molecule has 0 radical (unpaired) electrons. The van der Waals surface area contributed by atoms with E-state index in [1.807, 2.05) is 28.4 Å². The van der Waals surface area contributed by atoms with Crippen molar-refractivity contribution in [1.82, 2.24) is 14.7 Å². The first-order valence-electron chi connectivity index (χ1n) is 12.5. The van der Waals surface area contributed by atoms with Crippen molar-refractivity contribution in [2.75, 3.05) is 33.4 Å². The van der Waals surface area contributed by atoms with Gasteiger partial charge in [-0.1, -0.05) is 42.5 Å². The first kappa shape index (κ1) is 22.7. The molecule has 0 unspecified atom stereocenters. The molecule has 3 amide bonds. The molecule has 3 aliphatic rings. The number of amides is 3. The van der Waals surface area contributed by atoms with Crippen LogP contribution in [0, 0.1) is 0 Å². The topological polar surface area (TPSA) is 53.1 Å². The highest BCUT2D eigenvalue weighted by molar-refractivity contribution is 7.19. The minimum atomic E-state index is -0.749. The van der Waals surface area contributed by atoms with Crippen LogP contribution < -0.4 is 0 Å². The lowest BCUT2D eigenvalue weighted by molar-refractivity contribution is -0.137. The second-order valence-corrected chi connectivity index (χ2v) is 11.2. The van der Waals surface area contributed by atoms with Crippen LogP contribution in [0.2, 0.25) is 0 Å². The highest BCUT2D eigenvalue weighted by atomic mass is 32.1. The average Bonchev–Trinajstić information content (AvgIpc) is 3.53. The smallest absolute Gasteiger partial charge is 0.328 e. The maximum atomic E-state index is 14.0. The number of fused-ring (bicyclic) bond motifs is 2. The van der Waals surface area contributed by atoms with Crippen LogP contribution in [-0.2, 0) is 28.9 Å². The molecule has 0 N–H and O–H groups in total. The number of ether oxygens (including phenoxy) is 1. The maximum absolute atomic E-state index is 14.0. The first-order valence-corrected chi connectivity index (χ1v) is 13.3. The third kappa shape index (κ3) is 3.86. The molecular formula is C28H31N3O3S. The molecule has 6 nitrogen and oxygen atoms in total. The number of hydrogen-bond donors (Lipinski definition) is 0. The molecule has 6 rings (SSSR count). The standard InChI is InChI=1S/C28H31N3O3S/c1-34-15-14-30-27(33)31(23-16-20-6-2-3-7-21(20)17-23)26(32)28(30)10-12-29(13-11-28)19-24-18-22-8-4-5-9-25(22)35-24/h2-9,18,23H,10-17,19H2,1H3. The van der Waals surface area contributed by atoms with Crippen LogP contribution in [0.4, 0.5) is 4.79 Å². The number of hydrogen-bond acceptors (Lipinski definition) is 5. The molecule has 1 aromatic heterocycles. The lowest BCUT2D eigenvalue weighted by Crippen LogP contribution is -2.57. The van der Waals surface area contributed by atoms with Gasteiger partial charge in [-0.15, -0.1) is 11.3 Å². The van der Waals surface area contributed by atoms with Gasteiger partial charge in [-0.3, -0.25) is 14.6 Å². The largest absolute Gasteiger partial charge is 0.383 e. The Morgan fingerprint density at radius 3 is 2.37 bits per heavy atom. The van der Waals surface area contributed by atoms with Crippen LogP contribution in [0.25, 0.3) is 10.1 Å². The van der Waals surface area contributed by atoms with Crippen molar-refractivity contribution in [2.24, 2.45) is 0 Å². The minimum Gasteiger partial charge on any atom is -0.383 e. The van der Waals surface area contributed by atoms with Crippen molar-refractivity contribution in [1.29, 1.82) is 0 Å². The Labute approximate surface area is 210 Å². The van der Waals surface area contributed by atoms with Crippen LogP contribution >= 0.6 is 11.3 Å². The Kier molecular flexibility index (Phi) is 5.87. The number of imide groups is 1. The normalized spacial score (nSPS) is 20.5. The first-order chi connectivity index (χ1) is 17.1. The molecule has 0 saturated carbocycles. The zero-order valence-electron chi connectivity index (χ0n) is 20.1. The van der Waals surface area contributed by atoms with E-state index >= 15 is 0 Å². The number of rotatable bonds is 6. The van der Waals surface area contributed by atoms with E-state index < -0.39 is 5.54 Å². The molecular weight excluding hydrogens is 458 g/mol. The molecule has 2 aromatic carbocycles. The van der Waals surface area contributed by atoms with Crippen molar-refractivity contribution in [3.05, 3.63) is 70.6 Å². The summed E-state index contributed by atoms with van der Waals surface area (Å²) in [5, 5.41) is 1.29. The monoisotopic (exact) mass is 489 g/mol. The van der Waals surface area contributed by atoms with Crippen molar-refractivity contribution in [2.45, 2.75) is 43.8 Å². The van der Waals surface area contributed by atoms with Gasteiger partial charge in [0.2, 0.25) is 0 Å². The minimum absolute atomic E-state index is 0.00192. The summed E-state index contributed by atoms with van der Waals surface area (Å²) in [6.07, 6.45) is 2.84. The SMILES string of the molecule is COCCN1C(=O)N(C2Cc3ccccc3C2)C(=O)C12CCN(Cc1cc3ccccc3s1)CC2. The number of piperidine rings is 1. The van der Waals surface area contributed by atoms with Gasteiger partial charge in [-0.2, -0.15) is 0 Å². The van der Waals surface area contributed by atoms with Crippen molar-refractivity contribution < 1.29 is 14.3 Å². The van der Waals surface area contributed by atoms with Crippen LogP contribution in [0.15, 0.2) is 54.6 Å². The zero-order valence-corrected chi connectivity index (χ0v) is 20.9. The predicted octanol–water partition coefficient (Wildman–Crippen LogP) is 4.31. The lowest BCUT2D eigenvalue weighted by Gasteiger charge is -2.42. The second-order valence-electron chi connectivity index (χ2n) is 9.99. The quantitative estimate of drug-likeness (QED) is 0.484. The van der Waals surface area contributed by atoms with Gasteiger partial charge < -0.3 is 9.64 Å². The van der Waals surface area contributed by atoms with Gasteiger partial charge in [0, 0.05) is 48.9 Å². The van der Waals surface area contributed by atoms with Gasteiger partial charge in [0.25, 0.3) is 5.91 Å². The Morgan fingerprint density at radius 1 is 1.00 bits per heavy atom. The van der Waals surface area contributed by atoms with Crippen LogP contribution in [-0.4, -0.2) is 71.6 Å². The van der Waals surface area contributed by atoms with E-state index in [2.05, 4.69) is 47.4 Å². The number of carbonyl (C=O) groups is 2. The summed E-state index contributed by atoms with van der Waals surface area (Å²) >= 11 is 1.84. The van der Waals surface area contributed by atoms with Crippen LogP contribution in [0.1, 0.15) is 28.8 Å². The number of likely N-dealkylation sites (tertiary alicyclic amines) is 1. The summed E-state index contributed by atoms with van der Waals surface area (Å²) in [5.41, 5.74) is 1.75. The number of methoxy groups -OCH3 is 1. The van der Waals surface area contributed by atoms with E-state index in [9.17, 15) is 9.59 Å². The maximum Gasteiger partial charge on any atom is 0.328 e. The van der Waals surface area contributed by atoms with E-state index in [0.717, 1.165) is 32.5 Å².